The summed E-state index contributed by atoms with van der Waals surface area (Å²) >= 11 is 0. The Balaban J connectivity index is 2.34. The highest BCUT2D eigenvalue weighted by atomic mass is 19.1. The molecule has 14 heavy (non-hydrogen) atoms. The molecular weight excluding hydrogens is 181 g/mol. The molecule has 2 N–H and O–H groups in total. The Hall–Kier alpha value is -0.930. The summed E-state index contributed by atoms with van der Waals surface area (Å²) in [5, 5.41) is 0. The first-order chi connectivity index (χ1) is 6.68. The largest absolute Gasteiger partial charge is 0.372 e. The lowest BCUT2D eigenvalue weighted by Crippen LogP contribution is -2.24. The van der Waals surface area contributed by atoms with Crippen molar-refractivity contribution in [2.24, 2.45) is 5.73 Å². The number of rotatable bonds is 1. The lowest BCUT2D eigenvalue weighted by atomic mass is 10.0. The molecule has 2 unspecified atom stereocenters. The average Bonchev–Trinajstić information content (AvgIpc) is 2.56. The molecular formula is C11H14FNO. The van der Waals surface area contributed by atoms with E-state index in [9.17, 15) is 4.39 Å². The summed E-state index contributed by atoms with van der Waals surface area (Å²) in [5.74, 6) is -0.224. The number of halogens is 1. The van der Waals surface area contributed by atoms with Crippen LogP contribution in [-0.4, -0.2) is 12.6 Å². The van der Waals surface area contributed by atoms with Crippen molar-refractivity contribution < 1.29 is 9.13 Å². The van der Waals surface area contributed by atoms with E-state index in [1.54, 1.807) is 6.07 Å². The number of hydrogen-bond acceptors (Lipinski definition) is 2. The van der Waals surface area contributed by atoms with Gasteiger partial charge in [0.2, 0.25) is 0 Å². The highest BCUT2D eigenvalue weighted by Gasteiger charge is 2.28. The zero-order chi connectivity index (χ0) is 10.1. The van der Waals surface area contributed by atoms with Crippen LogP contribution in [-0.2, 0) is 4.74 Å². The van der Waals surface area contributed by atoms with E-state index in [-0.39, 0.29) is 18.0 Å². The highest BCUT2D eigenvalue weighted by Crippen LogP contribution is 2.29. The van der Waals surface area contributed by atoms with Crippen molar-refractivity contribution in [1.29, 1.82) is 0 Å². The van der Waals surface area contributed by atoms with E-state index in [2.05, 4.69) is 0 Å². The third-order valence-corrected chi connectivity index (χ3v) is 2.60. The SMILES string of the molecule is Cc1ccc(F)c(C2OCCC2N)c1. The molecule has 1 aromatic rings. The van der Waals surface area contributed by atoms with Crippen molar-refractivity contribution in [1.82, 2.24) is 0 Å². The van der Waals surface area contributed by atoms with Gasteiger partial charge in [0.15, 0.2) is 0 Å². The fourth-order valence-electron chi connectivity index (χ4n) is 1.81. The third-order valence-electron chi connectivity index (χ3n) is 2.60. The van der Waals surface area contributed by atoms with Crippen molar-refractivity contribution in [2.75, 3.05) is 6.61 Å². The van der Waals surface area contributed by atoms with E-state index >= 15 is 0 Å². The number of hydrogen-bond donors (Lipinski definition) is 1. The Kier molecular flexibility index (Phi) is 2.52. The molecule has 1 aliphatic rings. The first-order valence-electron chi connectivity index (χ1n) is 4.81. The Bertz CT molecular complexity index is 340. The van der Waals surface area contributed by atoms with Crippen molar-refractivity contribution >= 4 is 0 Å². The first-order valence-corrected chi connectivity index (χ1v) is 4.81. The maximum Gasteiger partial charge on any atom is 0.129 e. The predicted octanol–water partition coefficient (Wildman–Crippen LogP) is 1.92. The van der Waals surface area contributed by atoms with Gasteiger partial charge in [0, 0.05) is 18.2 Å². The Morgan fingerprint density at radius 2 is 2.29 bits per heavy atom. The number of aryl methyl sites for hydroxylation is 1. The van der Waals surface area contributed by atoms with Gasteiger partial charge in [-0.15, -0.1) is 0 Å². The molecule has 2 rings (SSSR count). The summed E-state index contributed by atoms with van der Waals surface area (Å²) < 4.78 is 18.9. The summed E-state index contributed by atoms with van der Waals surface area (Å²) in [6, 6.07) is 4.95. The van der Waals surface area contributed by atoms with Gasteiger partial charge in [0.25, 0.3) is 0 Å². The Morgan fingerprint density at radius 1 is 1.50 bits per heavy atom. The second-order valence-electron chi connectivity index (χ2n) is 3.77. The minimum Gasteiger partial charge on any atom is -0.372 e. The normalized spacial score (nSPS) is 26.8. The van der Waals surface area contributed by atoms with Crippen LogP contribution in [0.1, 0.15) is 23.7 Å². The monoisotopic (exact) mass is 195 g/mol. The van der Waals surface area contributed by atoms with Crippen molar-refractivity contribution in [3.8, 4) is 0 Å². The summed E-state index contributed by atoms with van der Waals surface area (Å²) in [6.45, 7) is 2.56. The second kappa shape index (κ2) is 3.67. The summed E-state index contributed by atoms with van der Waals surface area (Å²) in [4.78, 5) is 0. The highest BCUT2D eigenvalue weighted by molar-refractivity contribution is 5.27. The first kappa shape index (κ1) is 9.62. The maximum atomic E-state index is 13.5. The van der Waals surface area contributed by atoms with Crippen LogP contribution in [0.15, 0.2) is 18.2 Å². The minimum atomic E-state index is -0.269. The van der Waals surface area contributed by atoms with Crippen LogP contribution in [0, 0.1) is 12.7 Å². The van der Waals surface area contributed by atoms with E-state index in [0.717, 1.165) is 12.0 Å². The topological polar surface area (TPSA) is 35.2 Å². The van der Waals surface area contributed by atoms with E-state index in [1.165, 1.54) is 6.07 Å². The van der Waals surface area contributed by atoms with Gasteiger partial charge in [-0.1, -0.05) is 17.7 Å². The lowest BCUT2D eigenvalue weighted by molar-refractivity contribution is 0.102. The van der Waals surface area contributed by atoms with Crippen LogP contribution in [0.3, 0.4) is 0 Å². The average molecular weight is 195 g/mol. The number of nitrogens with two attached hydrogens (primary N) is 1. The number of benzene rings is 1. The smallest absolute Gasteiger partial charge is 0.129 e. The van der Waals surface area contributed by atoms with Crippen molar-refractivity contribution in [2.45, 2.75) is 25.5 Å². The Morgan fingerprint density at radius 3 is 2.93 bits per heavy atom. The van der Waals surface area contributed by atoms with Crippen molar-refractivity contribution in [3.63, 3.8) is 0 Å². The van der Waals surface area contributed by atoms with E-state index in [0.29, 0.717) is 12.2 Å². The molecule has 1 heterocycles. The number of ether oxygens (including phenoxy) is 1. The van der Waals surface area contributed by atoms with Crippen LogP contribution in [0.25, 0.3) is 0 Å². The molecule has 2 atom stereocenters. The lowest BCUT2D eigenvalue weighted by Gasteiger charge is -2.16. The molecule has 0 aliphatic carbocycles. The third kappa shape index (κ3) is 1.65. The molecule has 1 saturated heterocycles. The molecule has 0 bridgehead atoms. The zero-order valence-corrected chi connectivity index (χ0v) is 8.16. The van der Waals surface area contributed by atoms with Crippen LogP contribution >= 0.6 is 0 Å². The maximum absolute atomic E-state index is 13.5. The molecule has 1 aromatic carbocycles. The molecule has 0 spiro atoms. The zero-order valence-electron chi connectivity index (χ0n) is 8.16. The molecule has 3 heteroatoms. The van der Waals surface area contributed by atoms with Gasteiger partial charge in [-0.25, -0.2) is 4.39 Å². The summed E-state index contributed by atoms with van der Waals surface area (Å²) in [5.41, 5.74) is 7.46. The molecule has 0 amide bonds. The molecule has 1 fully saturated rings. The van der Waals surface area contributed by atoms with E-state index < -0.39 is 0 Å². The van der Waals surface area contributed by atoms with Crippen LogP contribution in [0.4, 0.5) is 4.39 Å². The molecule has 0 aromatic heterocycles. The molecule has 2 nitrogen and oxygen atoms in total. The van der Waals surface area contributed by atoms with Gasteiger partial charge in [0.05, 0.1) is 0 Å². The summed E-state index contributed by atoms with van der Waals surface area (Å²) in [6.07, 6.45) is 0.535. The van der Waals surface area contributed by atoms with Crippen molar-refractivity contribution in [3.05, 3.63) is 35.1 Å². The molecule has 76 valence electrons. The Labute approximate surface area is 82.9 Å². The van der Waals surface area contributed by atoms with Gasteiger partial charge >= 0.3 is 0 Å². The molecule has 0 radical (unpaired) electrons. The minimum absolute atomic E-state index is 0.0775. The van der Waals surface area contributed by atoms with Gasteiger partial charge in [-0.05, 0) is 19.4 Å². The molecule has 0 saturated carbocycles. The van der Waals surface area contributed by atoms with E-state index in [1.807, 2.05) is 13.0 Å². The summed E-state index contributed by atoms with van der Waals surface area (Å²) in [7, 11) is 0. The standard InChI is InChI=1S/C11H14FNO/c1-7-2-3-9(12)8(6-7)11-10(13)4-5-14-11/h2-3,6,10-11H,4-5,13H2,1H3. The van der Waals surface area contributed by atoms with Crippen LogP contribution in [0.2, 0.25) is 0 Å². The predicted molar refractivity (Wildman–Crippen MR) is 52.4 cm³/mol. The molecule has 1 aliphatic heterocycles. The van der Waals surface area contributed by atoms with Crippen LogP contribution in [0.5, 0.6) is 0 Å². The van der Waals surface area contributed by atoms with E-state index in [4.69, 9.17) is 10.5 Å². The second-order valence-corrected chi connectivity index (χ2v) is 3.77. The van der Waals surface area contributed by atoms with Gasteiger partial charge in [-0.2, -0.15) is 0 Å². The van der Waals surface area contributed by atoms with Crippen LogP contribution < -0.4 is 5.73 Å². The van der Waals surface area contributed by atoms with Gasteiger partial charge in [0.1, 0.15) is 11.9 Å². The fraction of sp³-hybridized carbons (Fsp3) is 0.455. The van der Waals surface area contributed by atoms with Gasteiger partial charge < -0.3 is 10.5 Å². The quantitative estimate of drug-likeness (QED) is 0.743. The van der Waals surface area contributed by atoms with Gasteiger partial charge in [-0.3, -0.25) is 0 Å². The fourth-order valence-corrected chi connectivity index (χ4v) is 1.81.